The van der Waals surface area contributed by atoms with Gasteiger partial charge in [0.25, 0.3) is 0 Å². The van der Waals surface area contributed by atoms with Gasteiger partial charge in [0.15, 0.2) is 11.5 Å². The van der Waals surface area contributed by atoms with Crippen molar-refractivity contribution >= 4 is 14.7 Å². The van der Waals surface area contributed by atoms with Crippen molar-refractivity contribution in [2.75, 3.05) is 14.2 Å². The van der Waals surface area contributed by atoms with Crippen molar-refractivity contribution in [3.05, 3.63) is 18.2 Å². The Morgan fingerprint density at radius 2 is 2.00 bits per heavy atom. The van der Waals surface area contributed by atoms with Gasteiger partial charge in [0, 0.05) is 0 Å². The van der Waals surface area contributed by atoms with E-state index in [1.807, 2.05) is 12.1 Å². The summed E-state index contributed by atoms with van der Waals surface area (Å²) >= 11 is 0. The smallest absolute Gasteiger partial charge is 0.160 e. The molecule has 1 aromatic carbocycles. The molecule has 0 atom stereocenters. The zero-order valence-corrected chi connectivity index (χ0v) is 9.96. The lowest BCUT2D eigenvalue weighted by Crippen LogP contribution is -2.16. The Labute approximate surface area is 88.1 Å². The number of hydrogen-bond donors (Lipinski definition) is 0. The van der Waals surface area contributed by atoms with Gasteiger partial charge in [0.1, 0.15) is 0 Å². The molecule has 0 aliphatic heterocycles. The number of ether oxygens (including phenoxy) is 2. The first-order valence-electron chi connectivity index (χ1n) is 4.78. The van der Waals surface area contributed by atoms with E-state index in [0.29, 0.717) is 0 Å². The highest BCUT2D eigenvalue weighted by Crippen LogP contribution is 2.23. The first-order valence-corrected chi connectivity index (χ1v) is 5.99. The van der Waals surface area contributed by atoms with E-state index >= 15 is 0 Å². The molecule has 3 heteroatoms. The lowest BCUT2D eigenvalue weighted by atomic mass is 10.3. The minimum absolute atomic E-state index is 0.805. The summed E-state index contributed by atoms with van der Waals surface area (Å²) in [6.45, 7) is 2.19. The first kappa shape index (κ1) is 11.1. The van der Waals surface area contributed by atoms with Crippen LogP contribution in [0.5, 0.6) is 11.5 Å². The molecular formula is C11H16O2Si. The highest BCUT2D eigenvalue weighted by molar-refractivity contribution is 6.54. The van der Waals surface area contributed by atoms with Gasteiger partial charge in [-0.15, -0.1) is 0 Å². The quantitative estimate of drug-likeness (QED) is 0.688. The fourth-order valence-corrected chi connectivity index (χ4v) is 2.41. The lowest BCUT2D eigenvalue weighted by Gasteiger charge is -2.11. The average molecular weight is 208 g/mol. The summed E-state index contributed by atoms with van der Waals surface area (Å²) < 4.78 is 10.6. The lowest BCUT2D eigenvalue weighted by molar-refractivity contribution is 0.357. The van der Waals surface area contributed by atoms with Crippen LogP contribution in [0.4, 0.5) is 0 Å². The number of benzene rings is 1. The van der Waals surface area contributed by atoms with E-state index in [9.17, 15) is 0 Å². The van der Waals surface area contributed by atoms with Gasteiger partial charge in [-0.25, -0.2) is 0 Å². The predicted molar refractivity (Wildman–Crippen MR) is 60.0 cm³/mol. The molecular weight excluding hydrogens is 192 g/mol. The van der Waals surface area contributed by atoms with E-state index in [-0.39, 0.29) is 0 Å². The highest BCUT2D eigenvalue weighted by Gasteiger charge is 2.08. The monoisotopic (exact) mass is 208 g/mol. The van der Waals surface area contributed by atoms with Crippen molar-refractivity contribution in [2.24, 2.45) is 0 Å². The van der Waals surface area contributed by atoms with E-state index < -0.39 is 0 Å². The predicted octanol–water partition coefficient (Wildman–Crippen LogP) is 1.86. The maximum absolute atomic E-state index is 5.35. The van der Waals surface area contributed by atoms with Gasteiger partial charge in [-0.2, -0.15) is 0 Å². The minimum Gasteiger partial charge on any atom is -0.493 e. The van der Waals surface area contributed by atoms with Crippen LogP contribution in [0.3, 0.4) is 0 Å². The first-order chi connectivity index (χ1) is 6.83. The molecule has 0 amide bonds. The number of para-hydroxylation sites is 1. The van der Waals surface area contributed by atoms with Crippen molar-refractivity contribution in [3.8, 4) is 11.5 Å². The van der Waals surface area contributed by atoms with Gasteiger partial charge in [-0.05, 0) is 11.3 Å². The zero-order valence-electron chi connectivity index (χ0n) is 8.96. The molecule has 0 aromatic heterocycles. The summed E-state index contributed by atoms with van der Waals surface area (Å²) in [6, 6.07) is 7.26. The zero-order chi connectivity index (χ0) is 10.4. The second kappa shape index (κ2) is 5.70. The normalized spacial score (nSPS) is 9.93. The number of hydrogen-bond acceptors (Lipinski definition) is 2. The molecule has 0 fully saturated rings. The molecule has 1 rings (SSSR count). The molecule has 0 spiro atoms. The van der Waals surface area contributed by atoms with Crippen molar-refractivity contribution in [3.63, 3.8) is 0 Å². The second-order valence-corrected chi connectivity index (χ2v) is 4.36. The van der Waals surface area contributed by atoms with E-state index in [1.54, 1.807) is 14.2 Å². The van der Waals surface area contributed by atoms with Crippen LogP contribution in [0.25, 0.3) is 0 Å². The van der Waals surface area contributed by atoms with Crippen LogP contribution >= 0.6 is 0 Å². The Kier molecular flexibility index (Phi) is 4.53. The molecule has 0 aliphatic rings. The molecule has 0 bridgehead atoms. The van der Waals surface area contributed by atoms with E-state index in [2.05, 4.69) is 13.0 Å². The molecule has 0 aliphatic carbocycles. The molecule has 1 aromatic rings. The van der Waals surface area contributed by atoms with Crippen LogP contribution in [0.2, 0.25) is 6.04 Å². The molecule has 0 saturated carbocycles. The summed E-state index contributed by atoms with van der Waals surface area (Å²) in [5.41, 5.74) is 0. The van der Waals surface area contributed by atoms with Crippen molar-refractivity contribution in [1.29, 1.82) is 0 Å². The fourth-order valence-electron chi connectivity index (χ4n) is 1.29. The topological polar surface area (TPSA) is 18.5 Å². The molecule has 0 N–H and O–H groups in total. The van der Waals surface area contributed by atoms with Crippen molar-refractivity contribution in [1.82, 2.24) is 0 Å². The summed E-state index contributed by atoms with van der Waals surface area (Å²) in [5, 5.41) is 1.26. The van der Waals surface area contributed by atoms with Crippen LogP contribution in [0.15, 0.2) is 18.2 Å². The second-order valence-electron chi connectivity index (χ2n) is 2.97. The summed E-state index contributed by atoms with van der Waals surface area (Å²) in [7, 11) is 4.17. The molecule has 2 nitrogen and oxygen atoms in total. The van der Waals surface area contributed by atoms with Gasteiger partial charge >= 0.3 is 0 Å². The van der Waals surface area contributed by atoms with Gasteiger partial charge in [0.05, 0.1) is 23.7 Å². The maximum atomic E-state index is 5.35. The van der Waals surface area contributed by atoms with Crippen molar-refractivity contribution < 1.29 is 9.47 Å². The third-order valence-corrected chi connectivity index (χ3v) is 3.49. The molecule has 14 heavy (non-hydrogen) atoms. The SMILES string of the molecule is CCC[Si]c1cccc(OC)c1OC. The third-order valence-electron chi connectivity index (χ3n) is 1.97. The number of methoxy groups -OCH3 is 2. The van der Waals surface area contributed by atoms with Crippen LogP contribution in [0, 0.1) is 0 Å². The van der Waals surface area contributed by atoms with E-state index in [1.165, 1.54) is 17.7 Å². The summed E-state index contributed by atoms with van der Waals surface area (Å²) in [5.74, 6) is 1.72. The van der Waals surface area contributed by atoms with Crippen LogP contribution in [-0.2, 0) is 0 Å². The van der Waals surface area contributed by atoms with Gasteiger partial charge in [-0.3, -0.25) is 0 Å². The van der Waals surface area contributed by atoms with Crippen molar-refractivity contribution in [2.45, 2.75) is 19.4 Å². The summed E-state index contributed by atoms with van der Waals surface area (Å²) in [4.78, 5) is 0. The Balaban J connectivity index is 2.90. The largest absolute Gasteiger partial charge is 0.493 e. The van der Waals surface area contributed by atoms with Gasteiger partial charge in [-0.1, -0.05) is 31.5 Å². The number of rotatable bonds is 5. The van der Waals surface area contributed by atoms with Crippen LogP contribution < -0.4 is 14.7 Å². The molecule has 76 valence electrons. The van der Waals surface area contributed by atoms with E-state index in [4.69, 9.17) is 9.47 Å². The standard InChI is InChI=1S/C11H16O2Si/c1-4-8-14-10-7-5-6-9(12-2)11(10)13-3/h5-7H,4,8H2,1-3H3. The van der Waals surface area contributed by atoms with Gasteiger partial charge < -0.3 is 9.47 Å². The Morgan fingerprint density at radius 1 is 1.21 bits per heavy atom. The fraction of sp³-hybridized carbons (Fsp3) is 0.455. The van der Waals surface area contributed by atoms with E-state index in [0.717, 1.165) is 21.0 Å². The Bertz CT molecular complexity index is 287. The van der Waals surface area contributed by atoms with Gasteiger partial charge in [0.2, 0.25) is 0 Å². The molecule has 2 radical (unpaired) electrons. The molecule has 0 heterocycles. The minimum atomic E-state index is 0.805. The Hall–Kier alpha value is -0.963. The summed E-state index contributed by atoms with van der Waals surface area (Å²) in [6.07, 6.45) is 1.21. The molecule has 0 saturated heterocycles. The highest BCUT2D eigenvalue weighted by atomic mass is 28.2. The van der Waals surface area contributed by atoms with Crippen LogP contribution in [-0.4, -0.2) is 23.7 Å². The Morgan fingerprint density at radius 3 is 2.57 bits per heavy atom. The van der Waals surface area contributed by atoms with Crippen LogP contribution in [0.1, 0.15) is 13.3 Å². The molecule has 0 unspecified atom stereocenters. The average Bonchev–Trinajstić information content (AvgIpc) is 2.25. The maximum Gasteiger partial charge on any atom is 0.160 e. The third kappa shape index (κ3) is 2.51.